The summed E-state index contributed by atoms with van der Waals surface area (Å²) >= 11 is 1.87. The van der Waals surface area contributed by atoms with Crippen LogP contribution in [-0.4, -0.2) is 18.2 Å². The molecule has 0 spiro atoms. The molecule has 0 saturated carbocycles. The lowest BCUT2D eigenvalue weighted by Crippen LogP contribution is -2.46. The molecule has 2 nitrogen and oxygen atoms in total. The predicted octanol–water partition coefficient (Wildman–Crippen LogP) is 4.53. The van der Waals surface area contributed by atoms with Gasteiger partial charge in [-0.15, -0.1) is 11.3 Å². The number of ether oxygens (including phenoxy) is 1. The van der Waals surface area contributed by atoms with Crippen LogP contribution in [0.15, 0.2) is 17.5 Å². The van der Waals surface area contributed by atoms with Crippen molar-refractivity contribution >= 4 is 11.3 Å². The molecule has 1 fully saturated rings. The van der Waals surface area contributed by atoms with Gasteiger partial charge in [-0.3, -0.25) is 0 Å². The minimum Gasteiger partial charge on any atom is -0.375 e. The topological polar surface area (TPSA) is 21.3 Å². The van der Waals surface area contributed by atoms with Crippen molar-refractivity contribution in [1.82, 2.24) is 5.32 Å². The summed E-state index contributed by atoms with van der Waals surface area (Å²) in [4.78, 5) is 1.48. The molecule has 3 heteroatoms. The largest absolute Gasteiger partial charge is 0.375 e. The molecule has 1 N–H and O–H groups in total. The molecule has 2 rings (SSSR count). The molecule has 1 aromatic rings. The van der Waals surface area contributed by atoms with Gasteiger partial charge in [0, 0.05) is 23.6 Å². The molecule has 19 heavy (non-hydrogen) atoms. The van der Waals surface area contributed by atoms with E-state index in [1.54, 1.807) is 0 Å². The molecule has 3 unspecified atom stereocenters. The number of nitrogens with one attached hydrogen (secondary N) is 1. The fourth-order valence-electron chi connectivity index (χ4n) is 2.89. The van der Waals surface area contributed by atoms with Crippen LogP contribution in [0, 0.1) is 0 Å². The summed E-state index contributed by atoms with van der Waals surface area (Å²) in [5.41, 5.74) is 0.0716. The highest BCUT2D eigenvalue weighted by atomic mass is 32.1. The summed E-state index contributed by atoms with van der Waals surface area (Å²) in [6, 6.07) is 5.53. The highest BCUT2D eigenvalue weighted by Gasteiger charge is 2.32. The van der Waals surface area contributed by atoms with E-state index >= 15 is 0 Å². The zero-order valence-corrected chi connectivity index (χ0v) is 13.3. The number of thiophene rings is 1. The van der Waals surface area contributed by atoms with E-state index in [0.717, 1.165) is 25.9 Å². The molecular formula is C16H27NOS. The van der Waals surface area contributed by atoms with E-state index in [2.05, 4.69) is 43.6 Å². The number of hydrogen-bond donors (Lipinski definition) is 1. The van der Waals surface area contributed by atoms with Crippen molar-refractivity contribution in [3.63, 3.8) is 0 Å². The van der Waals surface area contributed by atoms with E-state index in [4.69, 9.17) is 4.74 Å². The summed E-state index contributed by atoms with van der Waals surface area (Å²) in [5.74, 6) is 0. The van der Waals surface area contributed by atoms with Crippen molar-refractivity contribution in [2.45, 2.75) is 70.6 Å². The highest BCUT2D eigenvalue weighted by molar-refractivity contribution is 7.10. The first-order chi connectivity index (χ1) is 9.17. The minimum absolute atomic E-state index is 0.0716. The van der Waals surface area contributed by atoms with Crippen LogP contribution in [0.4, 0.5) is 0 Å². The Balaban J connectivity index is 1.97. The molecule has 1 aromatic heterocycles. The molecule has 0 aromatic carbocycles. The normalized spacial score (nSPS) is 29.3. The van der Waals surface area contributed by atoms with Gasteiger partial charge < -0.3 is 10.1 Å². The molecule has 1 saturated heterocycles. The fourth-order valence-corrected chi connectivity index (χ4v) is 3.71. The van der Waals surface area contributed by atoms with Gasteiger partial charge in [0.1, 0.15) is 0 Å². The van der Waals surface area contributed by atoms with E-state index in [9.17, 15) is 0 Å². The molecule has 2 heterocycles. The molecule has 0 amide bonds. The molecule has 1 aliphatic heterocycles. The SMILES string of the molecule is CCCC(NC1CCOC(C)(CC)C1)c1cccs1. The molecular weight excluding hydrogens is 254 g/mol. The zero-order valence-electron chi connectivity index (χ0n) is 12.4. The summed E-state index contributed by atoms with van der Waals surface area (Å²) in [5, 5.41) is 6.06. The lowest BCUT2D eigenvalue weighted by Gasteiger charge is -2.39. The monoisotopic (exact) mass is 281 g/mol. The van der Waals surface area contributed by atoms with Crippen molar-refractivity contribution in [2.24, 2.45) is 0 Å². The maximum absolute atomic E-state index is 5.94. The first-order valence-corrected chi connectivity index (χ1v) is 8.48. The Morgan fingerprint density at radius 1 is 1.53 bits per heavy atom. The molecule has 0 aliphatic carbocycles. The van der Waals surface area contributed by atoms with Gasteiger partial charge in [-0.2, -0.15) is 0 Å². The average Bonchev–Trinajstić information content (AvgIpc) is 2.92. The quantitative estimate of drug-likeness (QED) is 0.827. The third-order valence-corrected chi connectivity index (χ3v) is 5.23. The van der Waals surface area contributed by atoms with Crippen molar-refractivity contribution in [1.29, 1.82) is 0 Å². The van der Waals surface area contributed by atoms with Crippen LogP contribution in [0.2, 0.25) is 0 Å². The van der Waals surface area contributed by atoms with Crippen molar-refractivity contribution in [2.75, 3.05) is 6.61 Å². The maximum Gasteiger partial charge on any atom is 0.0666 e. The third-order valence-electron chi connectivity index (χ3n) is 4.24. The van der Waals surface area contributed by atoms with Gasteiger partial charge in [-0.05, 0) is 44.1 Å². The Labute approximate surface area is 121 Å². The molecule has 108 valence electrons. The highest BCUT2D eigenvalue weighted by Crippen LogP contribution is 2.31. The van der Waals surface area contributed by atoms with Crippen LogP contribution in [0.25, 0.3) is 0 Å². The first kappa shape index (κ1) is 15.0. The van der Waals surface area contributed by atoms with Gasteiger partial charge in [0.25, 0.3) is 0 Å². The van der Waals surface area contributed by atoms with Crippen molar-refractivity contribution in [3.8, 4) is 0 Å². The van der Waals surface area contributed by atoms with E-state index in [1.165, 1.54) is 17.7 Å². The smallest absolute Gasteiger partial charge is 0.0666 e. The van der Waals surface area contributed by atoms with Crippen molar-refractivity contribution in [3.05, 3.63) is 22.4 Å². The lowest BCUT2D eigenvalue weighted by atomic mass is 9.89. The second-order valence-electron chi connectivity index (χ2n) is 5.86. The second kappa shape index (κ2) is 6.87. The van der Waals surface area contributed by atoms with E-state index in [0.29, 0.717) is 12.1 Å². The molecule has 1 aliphatic rings. The Hall–Kier alpha value is -0.380. The standard InChI is InChI=1S/C16H27NOS/c1-4-7-14(15-8-6-11-19-15)17-13-9-10-18-16(3,5-2)12-13/h6,8,11,13-14,17H,4-5,7,9-10,12H2,1-3H3. The van der Waals surface area contributed by atoms with Gasteiger partial charge in [0.05, 0.1) is 5.60 Å². The van der Waals surface area contributed by atoms with Crippen LogP contribution in [-0.2, 0) is 4.74 Å². The molecule has 0 bridgehead atoms. The van der Waals surface area contributed by atoms with Crippen LogP contribution < -0.4 is 5.32 Å². The van der Waals surface area contributed by atoms with Crippen LogP contribution in [0.3, 0.4) is 0 Å². The summed E-state index contributed by atoms with van der Waals surface area (Å²) < 4.78 is 5.94. The number of hydrogen-bond acceptors (Lipinski definition) is 3. The van der Waals surface area contributed by atoms with Gasteiger partial charge in [0.15, 0.2) is 0 Å². The Morgan fingerprint density at radius 3 is 3.00 bits per heavy atom. The zero-order chi connectivity index (χ0) is 13.7. The van der Waals surface area contributed by atoms with Gasteiger partial charge >= 0.3 is 0 Å². The second-order valence-corrected chi connectivity index (χ2v) is 6.84. The van der Waals surface area contributed by atoms with Gasteiger partial charge in [-0.25, -0.2) is 0 Å². The van der Waals surface area contributed by atoms with E-state index in [1.807, 2.05) is 11.3 Å². The maximum atomic E-state index is 5.94. The van der Waals surface area contributed by atoms with Crippen molar-refractivity contribution < 1.29 is 4.74 Å². The number of rotatable bonds is 6. The Bertz CT molecular complexity index is 365. The lowest BCUT2D eigenvalue weighted by molar-refractivity contribution is -0.0792. The van der Waals surface area contributed by atoms with Crippen LogP contribution >= 0.6 is 11.3 Å². The summed E-state index contributed by atoms with van der Waals surface area (Å²) in [6.07, 6.45) is 5.82. The summed E-state index contributed by atoms with van der Waals surface area (Å²) in [7, 11) is 0. The Morgan fingerprint density at radius 2 is 2.37 bits per heavy atom. The first-order valence-electron chi connectivity index (χ1n) is 7.60. The average molecular weight is 281 g/mol. The van der Waals surface area contributed by atoms with E-state index < -0.39 is 0 Å². The third kappa shape index (κ3) is 4.04. The van der Waals surface area contributed by atoms with E-state index in [-0.39, 0.29) is 5.60 Å². The van der Waals surface area contributed by atoms with Crippen LogP contribution in [0.1, 0.15) is 63.8 Å². The predicted molar refractivity (Wildman–Crippen MR) is 82.8 cm³/mol. The molecule has 3 atom stereocenters. The molecule has 0 radical (unpaired) electrons. The van der Waals surface area contributed by atoms with Gasteiger partial charge in [0.2, 0.25) is 0 Å². The van der Waals surface area contributed by atoms with Crippen LogP contribution in [0.5, 0.6) is 0 Å². The van der Waals surface area contributed by atoms with Gasteiger partial charge in [-0.1, -0.05) is 26.3 Å². The fraction of sp³-hybridized carbons (Fsp3) is 0.750. The minimum atomic E-state index is 0.0716. The summed E-state index contributed by atoms with van der Waals surface area (Å²) in [6.45, 7) is 7.64. The Kier molecular flexibility index (Phi) is 5.43.